The minimum atomic E-state index is -4.62. The molecule has 6 atom stereocenters. The van der Waals surface area contributed by atoms with Gasteiger partial charge >= 0.3 is 11.9 Å². The average Bonchev–Trinajstić information content (AvgIpc) is 3.26. The van der Waals surface area contributed by atoms with Gasteiger partial charge < -0.3 is 34.3 Å². The third-order valence-electron chi connectivity index (χ3n) is 9.82. The third kappa shape index (κ3) is 33.8. The summed E-state index contributed by atoms with van der Waals surface area (Å²) >= 11 is 0. The van der Waals surface area contributed by atoms with Crippen LogP contribution in [0.15, 0.2) is 109 Å². The quantitative estimate of drug-likeness (QED) is 0.0200. The van der Waals surface area contributed by atoms with Gasteiger partial charge in [0.2, 0.25) is 0 Å². The van der Waals surface area contributed by atoms with Crippen LogP contribution in [-0.4, -0.2) is 96.0 Å². The van der Waals surface area contributed by atoms with Gasteiger partial charge in [0.1, 0.15) is 36.8 Å². The van der Waals surface area contributed by atoms with Gasteiger partial charge in [-0.15, -0.1) is 0 Å². The van der Waals surface area contributed by atoms with E-state index in [9.17, 15) is 37.9 Å². The van der Waals surface area contributed by atoms with Crippen molar-refractivity contribution in [3.8, 4) is 0 Å². The Morgan fingerprint density at radius 3 is 1.48 bits per heavy atom. The van der Waals surface area contributed by atoms with Crippen molar-refractivity contribution < 1.29 is 56.8 Å². The molecule has 4 N–H and O–H groups in total. The van der Waals surface area contributed by atoms with E-state index in [1.807, 2.05) is 18.2 Å². The highest BCUT2D eigenvalue weighted by Gasteiger charge is 2.46. The fourth-order valence-corrected chi connectivity index (χ4v) is 6.87. The Labute approximate surface area is 385 Å². The van der Waals surface area contributed by atoms with Gasteiger partial charge in [-0.25, -0.2) is 0 Å². The van der Waals surface area contributed by atoms with E-state index in [0.29, 0.717) is 19.3 Å². The summed E-state index contributed by atoms with van der Waals surface area (Å²) in [4.78, 5) is 25.4. The van der Waals surface area contributed by atoms with Crippen molar-refractivity contribution in [3.63, 3.8) is 0 Å². The maximum Gasteiger partial charge on any atom is 0.306 e. The first-order valence-corrected chi connectivity index (χ1v) is 25.1. The Bertz CT molecular complexity index is 1590. The number of allylic oxidation sites excluding steroid dienone is 18. The Kier molecular flexibility index (Phi) is 36.1. The predicted molar refractivity (Wildman–Crippen MR) is 256 cm³/mol. The molecule has 0 spiro atoms. The monoisotopic (exact) mass is 917 g/mol. The summed E-state index contributed by atoms with van der Waals surface area (Å²) in [6, 6.07) is 0. The number of aliphatic hydroxyl groups excluding tert-OH is 3. The lowest BCUT2D eigenvalue weighted by atomic mass is 10.00. The Hall–Kier alpha value is -3.69. The molecule has 1 aliphatic rings. The van der Waals surface area contributed by atoms with Gasteiger partial charge in [-0.05, 0) is 89.9 Å². The average molecular weight is 917 g/mol. The summed E-state index contributed by atoms with van der Waals surface area (Å²) in [7, 11) is -4.62. The maximum absolute atomic E-state index is 12.8. The van der Waals surface area contributed by atoms with E-state index >= 15 is 0 Å². The van der Waals surface area contributed by atoms with Crippen LogP contribution < -0.4 is 0 Å². The van der Waals surface area contributed by atoms with Gasteiger partial charge in [-0.3, -0.25) is 14.1 Å². The summed E-state index contributed by atoms with van der Waals surface area (Å²) in [5.74, 6) is -2.15. The first-order valence-electron chi connectivity index (χ1n) is 23.4. The molecule has 0 amide bonds. The number of rotatable bonds is 37. The van der Waals surface area contributed by atoms with Crippen molar-refractivity contribution in [2.75, 3.05) is 19.0 Å². The van der Waals surface area contributed by atoms with E-state index in [-0.39, 0.29) is 19.4 Å². The number of ether oxygens (including phenoxy) is 4. The molecular weight excluding hydrogens is 837 g/mol. The molecule has 0 radical (unpaired) electrons. The number of unbranched alkanes of at least 4 members (excludes halogenated alkanes) is 7. The normalized spacial score (nSPS) is 20.6. The number of carbonyl (C=O) groups is 2. The second-order valence-electron chi connectivity index (χ2n) is 15.7. The molecule has 1 aliphatic heterocycles. The molecule has 64 heavy (non-hydrogen) atoms. The van der Waals surface area contributed by atoms with E-state index < -0.39 is 71.2 Å². The van der Waals surface area contributed by atoms with Crippen molar-refractivity contribution in [1.29, 1.82) is 0 Å². The molecule has 0 aromatic heterocycles. The molecule has 0 aliphatic carbocycles. The van der Waals surface area contributed by atoms with Crippen LogP contribution in [-0.2, 0) is 38.7 Å². The SMILES string of the molecule is CCC/C=C/C/C=C/C/C=C/C/C=C/CCCCCC(=O)OC[C@H](CO[C@H]1O[C@H](CS(=O)(=O)O)[C@@H](O)C(O)C1O)OC(=O)CC/C=C/C/C=C/C/C=C/C/C=C/C/C=C/CCCCC. The molecule has 0 aromatic carbocycles. The van der Waals surface area contributed by atoms with Crippen LogP contribution in [0.3, 0.4) is 0 Å². The lowest BCUT2D eigenvalue weighted by Crippen LogP contribution is -2.60. The fourth-order valence-electron chi connectivity index (χ4n) is 6.18. The molecule has 362 valence electrons. The van der Waals surface area contributed by atoms with Gasteiger partial charge in [0.05, 0.1) is 6.61 Å². The highest BCUT2D eigenvalue weighted by Crippen LogP contribution is 2.24. The first-order chi connectivity index (χ1) is 31.0. The molecule has 0 saturated carbocycles. The van der Waals surface area contributed by atoms with Crippen LogP contribution in [0.5, 0.6) is 0 Å². The van der Waals surface area contributed by atoms with Gasteiger partial charge in [0.15, 0.2) is 12.4 Å². The number of esters is 2. The molecule has 2 unspecified atom stereocenters. The Balaban J connectivity index is 2.53. The minimum Gasteiger partial charge on any atom is -0.462 e. The number of hydrogen-bond acceptors (Lipinski definition) is 11. The van der Waals surface area contributed by atoms with E-state index in [0.717, 1.165) is 70.6 Å². The molecule has 0 aromatic rings. The highest BCUT2D eigenvalue weighted by atomic mass is 32.2. The summed E-state index contributed by atoms with van der Waals surface area (Å²) in [6.07, 6.45) is 45.7. The zero-order chi connectivity index (χ0) is 46.9. The molecule has 1 heterocycles. The molecular formula is C51H80O12S. The summed E-state index contributed by atoms with van der Waals surface area (Å²) in [5.41, 5.74) is 0. The second-order valence-corrected chi connectivity index (χ2v) is 17.2. The lowest BCUT2D eigenvalue weighted by Gasteiger charge is -2.40. The van der Waals surface area contributed by atoms with Gasteiger partial charge in [-0.1, -0.05) is 149 Å². The summed E-state index contributed by atoms with van der Waals surface area (Å²) in [6.45, 7) is 3.56. The van der Waals surface area contributed by atoms with Crippen LogP contribution in [0.25, 0.3) is 0 Å². The number of hydrogen-bond donors (Lipinski definition) is 4. The van der Waals surface area contributed by atoms with Crippen molar-refractivity contribution in [2.45, 2.75) is 179 Å². The van der Waals surface area contributed by atoms with Gasteiger partial charge in [-0.2, -0.15) is 8.42 Å². The van der Waals surface area contributed by atoms with Crippen LogP contribution in [0.4, 0.5) is 0 Å². The van der Waals surface area contributed by atoms with Crippen LogP contribution in [0, 0.1) is 0 Å². The molecule has 0 bridgehead atoms. The molecule has 1 saturated heterocycles. The molecule has 1 fully saturated rings. The predicted octanol–water partition coefficient (Wildman–Crippen LogP) is 10.0. The molecule has 12 nitrogen and oxygen atoms in total. The van der Waals surface area contributed by atoms with E-state index in [2.05, 4.69) is 105 Å². The largest absolute Gasteiger partial charge is 0.462 e. The summed E-state index contributed by atoms with van der Waals surface area (Å²) < 4.78 is 54.0. The Morgan fingerprint density at radius 1 is 0.531 bits per heavy atom. The lowest BCUT2D eigenvalue weighted by molar-refractivity contribution is -0.297. The van der Waals surface area contributed by atoms with Crippen molar-refractivity contribution >= 4 is 22.1 Å². The third-order valence-corrected chi connectivity index (χ3v) is 10.6. The van der Waals surface area contributed by atoms with Crippen molar-refractivity contribution in [2.24, 2.45) is 0 Å². The van der Waals surface area contributed by atoms with Gasteiger partial charge in [0, 0.05) is 12.8 Å². The number of aliphatic hydroxyl groups is 3. The van der Waals surface area contributed by atoms with Crippen molar-refractivity contribution in [3.05, 3.63) is 109 Å². The van der Waals surface area contributed by atoms with Crippen LogP contribution in [0.2, 0.25) is 0 Å². The van der Waals surface area contributed by atoms with Crippen molar-refractivity contribution in [1.82, 2.24) is 0 Å². The highest BCUT2D eigenvalue weighted by molar-refractivity contribution is 7.85. The zero-order valence-corrected chi connectivity index (χ0v) is 39.4. The van der Waals surface area contributed by atoms with E-state index in [1.165, 1.54) is 25.7 Å². The summed E-state index contributed by atoms with van der Waals surface area (Å²) in [5, 5.41) is 30.9. The molecule has 13 heteroatoms. The topological polar surface area (TPSA) is 186 Å². The maximum atomic E-state index is 12.8. The zero-order valence-electron chi connectivity index (χ0n) is 38.6. The number of carbonyl (C=O) groups excluding carboxylic acids is 2. The van der Waals surface area contributed by atoms with E-state index in [1.54, 1.807) is 0 Å². The van der Waals surface area contributed by atoms with Crippen LogP contribution >= 0.6 is 0 Å². The Morgan fingerprint density at radius 2 is 1.00 bits per heavy atom. The first kappa shape index (κ1) is 58.3. The smallest absolute Gasteiger partial charge is 0.306 e. The van der Waals surface area contributed by atoms with Crippen LogP contribution in [0.1, 0.15) is 142 Å². The van der Waals surface area contributed by atoms with E-state index in [4.69, 9.17) is 18.9 Å². The van der Waals surface area contributed by atoms with Gasteiger partial charge in [0.25, 0.3) is 10.1 Å². The second kappa shape index (κ2) is 39.7. The molecule has 1 rings (SSSR count). The minimum absolute atomic E-state index is 0.0266. The fraction of sp³-hybridized carbons (Fsp3) is 0.608. The standard InChI is InChI=1S/C51H80O12S/c1-3-5-7-9-11-13-15-17-19-21-22-24-26-28-30-32-34-36-38-40-47(53)62-44(42-61-51-50(56)49(55)48(54)45(63-51)43-64(57,58)59)41-60-46(52)39-37-35-33-31-29-27-25-23-20-18-16-14-12-10-8-6-4-2/h8,10-11,13-14,16-17,19-20,22-24,27-30,34,36,44-45,48-51,54-56H,3-7,9,12,15,18,21,25-26,31-33,35,37-43H2,1-2H3,(H,57,58,59)/b10-8+,13-11+,16-14+,19-17+,23-20+,24-22+,29-27+,30-28+,36-34+/t44-,45-,48-,49?,50?,51+/m1/s1.